The minimum atomic E-state index is -0.175. The molecule has 176 valence electrons. The molecule has 2 amide bonds. The molecule has 2 fully saturated rings. The molecule has 34 heavy (non-hydrogen) atoms. The number of hydrogen-bond donors (Lipinski definition) is 1. The lowest BCUT2D eigenvalue weighted by Crippen LogP contribution is -2.49. The first-order chi connectivity index (χ1) is 16.5. The monoisotopic (exact) mass is 493 g/mol. The van der Waals surface area contributed by atoms with Gasteiger partial charge in [-0.2, -0.15) is 0 Å². The van der Waals surface area contributed by atoms with Crippen LogP contribution < -0.4 is 5.32 Å². The third kappa shape index (κ3) is 5.03. The predicted octanol–water partition coefficient (Wildman–Crippen LogP) is 6.07. The van der Waals surface area contributed by atoms with Gasteiger partial charge in [0.1, 0.15) is 5.69 Å². The van der Waals surface area contributed by atoms with Crippen LogP contribution >= 0.6 is 22.9 Å². The van der Waals surface area contributed by atoms with Gasteiger partial charge in [0, 0.05) is 35.6 Å². The normalized spacial score (nSPS) is 18.1. The molecule has 1 aliphatic heterocycles. The number of aryl methyl sites for hydroxylation is 1. The Hall–Kier alpha value is -2.70. The van der Waals surface area contributed by atoms with Crippen molar-refractivity contribution in [1.29, 1.82) is 0 Å². The summed E-state index contributed by atoms with van der Waals surface area (Å²) in [6.07, 6.45) is 5.16. The third-order valence-electron chi connectivity index (χ3n) is 6.53. The Morgan fingerprint density at radius 1 is 1.12 bits per heavy atom. The summed E-state index contributed by atoms with van der Waals surface area (Å²) in [5, 5.41) is 4.61. The lowest BCUT2D eigenvalue weighted by Gasteiger charge is -2.35. The number of amides is 2. The summed E-state index contributed by atoms with van der Waals surface area (Å²) in [4.78, 5) is 34.3. The van der Waals surface area contributed by atoms with E-state index in [1.165, 1.54) is 0 Å². The van der Waals surface area contributed by atoms with Gasteiger partial charge in [0.25, 0.3) is 11.8 Å². The van der Waals surface area contributed by atoms with E-state index in [-0.39, 0.29) is 17.9 Å². The van der Waals surface area contributed by atoms with Crippen molar-refractivity contribution in [1.82, 2.24) is 15.2 Å². The van der Waals surface area contributed by atoms with E-state index in [1.807, 2.05) is 11.0 Å². The van der Waals surface area contributed by atoms with Gasteiger partial charge in [0.15, 0.2) is 0 Å². The summed E-state index contributed by atoms with van der Waals surface area (Å²) < 4.78 is 0. The molecule has 1 saturated heterocycles. The number of nitrogens with zero attached hydrogens (tertiary/aromatic N) is 2. The van der Waals surface area contributed by atoms with Crippen LogP contribution in [0.25, 0.3) is 10.4 Å². The quantitative estimate of drug-likeness (QED) is 0.453. The number of thiazole rings is 1. The third-order valence-corrected chi connectivity index (χ3v) is 8.03. The summed E-state index contributed by atoms with van der Waals surface area (Å²) in [5.41, 5.74) is 3.30. The van der Waals surface area contributed by atoms with E-state index in [0.717, 1.165) is 53.1 Å². The van der Waals surface area contributed by atoms with Crippen molar-refractivity contribution >= 4 is 34.8 Å². The molecule has 1 N–H and O–H groups in total. The molecule has 5 nitrogen and oxygen atoms in total. The Labute approximate surface area is 209 Å². The summed E-state index contributed by atoms with van der Waals surface area (Å²) in [6, 6.07) is 15.1. The molecule has 1 atom stereocenters. The highest BCUT2D eigenvalue weighted by Gasteiger charge is 2.34. The van der Waals surface area contributed by atoms with Crippen LogP contribution in [0.4, 0.5) is 0 Å². The maximum Gasteiger partial charge on any atom is 0.274 e. The Kier molecular flexibility index (Phi) is 6.70. The van der Waals surface area contributed by atoms with Gasteiger partial charge in [-0.25, -0.2) is 4.98 Å². The van der Waals surface area contributed by atoms with Gasteiger partial charge < -0.3 is 10.2 Å². The van der Waals surface area contributed by atoms with Crippen molar-refractivity contribution in [2.45, 2.75) is 51.0 Å². The van der Waals surface area contributed by atoms with E-state index < -0.39 is 0 Å². The molecule has 0 radical (unpaired) electrons. The van der Waals surface area contributed by atoms with Gasteiger partial charge in [-0.15, -0.1) is 11.3 Å². The fraction of sp³-hybridized carbons (Fsp3) is 0.370. The number of likely N-dealkylation sites (tertiary alicyclic amines) is 1. The second-order valence-corrected chi connectivity index (χ2v) is 10.7. The first-order valence-electron chi connectivity index (χ1n) is 11.9. The highest BCUT2D eigenvalue weighted by molar-refractivity contribution is 7.15. The van der Waals surface area contributed by atoms with E-state index in [0.29, 0.717) is 35.3 Å². The van der Waals surface area contributed by atoms with Gasteiger partial charge >= 0.3 is 0 Å². The van der Waals surface area contributed by atoms with Crippen LogP contribution in [0.3, 0.4) is 0 Å². The molecule has 0 bridgehead atoms. The number of hydrogen-bond acceptors (Lipinski definition) is 4. The maximum atomic E-state index is 13.8. The van der Waals surface area contributed by atoms with Crippen molar-refractivity contribution in [3.05, 3.63) is 75.4 Å². The molecular formula is C27H28ClN3O2S. The van der Waals surface area contributed by atoms with Crippen molar-refractivity contribution in [3.63, 3.8) is 0 Å². The van der Waals surface area contributed by atoms with Crippen LogP contribution in [0.15, 0.2) is 48.5 Å². The topological polar surface area (TPSA) is 62.3 Å². The van der Waals surface area contributed by atoms with Crippen LogP contribution in [0, 0.1) is 6.92 Å². The van der Waals surface area contributed by atoms with Gasteiger partial charge in [-0.1, -0.05) is 47.5 Å². The van der Waals surface area contributed by atoms with Gasteiger partial charge in [-0.3, -0.25) is 9.59 Å². The van der Waals surface area contributed by atoms with Crippen LogP contribution in [0.2, 0.25) is 5.02 Å². The minimum absolute atomic E-state index is 0.0265. The van der Waals surface area contributed by atoms with E-state index >= 15 is 0 Å². The molecule has 2 aromatic carbocycles. The molecule has 5 rings (SSSR count). The number of halogens is 1. The smallest absolute Gasteiger partial charge is 0.274 e. The summed E-state index contributed by atoms with van der Waals surface area (Å²) in [5.74, 6) is 0.288. The maximum absolute atomic E-state index is 13.8. The molecule has 2 heterocycles. The van der Waals surface area contributed by atoms with E-state index in [4.69, 9.17) is 16.6 Å². The number of piperidine rings is 1. The zero-order valence-corrected chi connectivity index (χ0v) is 20.8. The average Bonchev–Trinajstić information content (AvgIpc) is 3.60. The zero-order chi connectivity index (χ0) is 23.7. The number of benzene rings is 2. The summed E-state index contributed by atoms with van der Waals surface area (Å²) >= 11 is 7.70. The number of carbonyl (C=O) groups is 2. The van der Waals surface area contributed by atoms with Crippen LogP contribution in [-0.2, 0) is 0 Å². The van der Waals surface area contributed by atoms with Gasteiger partial charge in [0.2, 0.25) is 0 Å². The molecule has 2 aliphatic rings. The fourth-order valence-corrected chi connectivity index (χ4v) is 5.94. The molecule has 3 aromatic rings. The Morgan fingerprint density at radius 2 is 1.94 bits per heavy atom. The molecule has 0 unspecified atom stereocenters. The Balaban J connectivity index is 1.37. The van der Waals surface area contributed by atoms with Crippen molar-refractivity contribution in [3.8, 4) is 10.4 Å². The lowest BCUT2D eigenvalue weighted by molar-refractivity contribution is 0.0598. The number of rotatable bonds is 6. The first kappa shape index (κ1) is 23.1. The van der Waals surface area contributed by atoms with Crippen molar-refractivity contribution < 1.29 is 9.59 Å². The first-order valence-corrected chi connectivity index (χ1v) is 13.1. The lowest BCUT2D eigenvalue weighted by atomic mass is 10.0. The van der Waals surface area contributed by atoms with E-state index in [1.54, 1.807) is 35.6 Å². The van der Waals surface area contributed by atoms with E-state index in [2.05, 4.69) is 30.4 Å². The van der Waals surface area contributed by atoms with Crippen LogP contribution in [-0.4, -0.2) is 40.8 Å². The standard InChI is InChI=1S/C27H28ClN3O2S/c1-17-6-4-7-19(14-17)24-23(30-26(34-24)18-11-12-18)27(33)31-13-3-2-10-22(31)16-29-25(32)20-8-5-9-21(28)15-20/h4-9,14-15,18,22H,2-3,10-13,16H2,1H3,(H,29,32)/t22-/m0/s1. The predicted molar refractivity (Wildman–Crippen MR) is 137 cm³/mol. The fourth-order valence-electron chi connectivity index (χ4n) is 4.53. The second-order valence-electron chi connectivity index (χ2n) is 9.24. The van der Waals surface area contributed by atoms with Crippen molar-refractivity contribution in [2.24, 2.45) is 0 Å². The van der Waals surface area contributed by atoms with Crippen molar-refractivity contribution in [2.75, 3.05) is 13.1 Å². The second kappa shape index (κ2) is 9.88. The van der Waals surface area contributed by atoms with Crippen LogP contribution in [0.5, 0.6) is 0 Å². The highest BCUT2D eigenvalue weighted by Crippen LogP contribution is 2.45. The molecule has 1 aliphatic carbocycles. The summed E-state index contributed by atoms with van der Waals surface area (Å²) in [7, 11) is 0. The van der Waals surface area contributed by atoms with Gasteiger partial charge in [-0.05, 0) is 62.8 Å². The number of carbonyl (C=O) groups excluding carboxylic acids is 2. The molecular weight excluding hydrogens is 466 g/mol. The number of aromatic nitrogens is 1. The zero-order valence-electron chi connectivity index (χ0n) is 19.2. The largest absolute Gasteiger partial charge is 0.350 e. The van der Waals surface area contributed by atoms with Gasteiger partial charge in [0.05, 0.1) is 9.88 Å². The number of nitrogens with one attached hydrogen (secondary N) is 1. The molecule has 0 spiro atoms. The Bertz CT molecular complexity index is 1220. The van der Waals surface area contributed by atoms with Crippen LogP contribution in [0.1, 0.15) is 69.4 Å². The molecule has 1 saturated carbocycles. The SMILES string of the molecule is Cc1cccc(-c2sc(C3CC3)nc2C(=O)N2CCCC[C@H]2CNC(=O)c2cccc(Cl)c2)c1. The molecule has 1 aromatic heterocycles. The Morgan fingerprint density at radius 3 is 2.71 bits per heavy atom. The van der Waals surface area contributed by atoms with E-state index in [9.17, 15) is 9.59 Å². The molecule has 7 heteroatoms. The minimum Gasteiger partial charge on any atom is -0.350 e. The highest BCUT2D eigenvalue weighted by atomic mass is 35.5. The summed E-state index contributed by atoms with van der Waals surface area (Å²) in [6.45, 7) is 3.16. The average molecular weight is 494 g/mol.